The Bertz CT molecular complexity index is 1050. The van der Waals surface area contributed by atoms with Crippen LogP contribution in [0.1, 0.15) is 10.4 Å². The number of nitro benzene ring substituents is 1. The number of hydrogen-bond acceptors (Lipinski definition) is 7. The molecule has 0 radical (unpaired) electrons. The van der Waals surface area contributed by atoms with Crippen LogP contribution in [0, 0.1) is 10.1 Å². The highest BCUT2D eigenvalue weighted by molar-refractivity contribution is 7.22. The van der Waals surface area contributed by atoms with Crippen LogP contribution < -0.4 is 14.8 Å². The number of nitrogens with one attached hydrogen (secondary N) is 1. The van der Waals surface area contributed by atoms with E-state index in [9.17, 15) is 14.9 Å². The highest BCUT2D eigenvalue weighted by Crippen LogP contribution is 2.37. The molecule has 0 saturated heterocycles. The molecule has 1 heterocycles. The first-order chi connectivity index (χ1) is 12.8. The lowest BCUT2D eigenvalue weighted by Gasteiger charge is -2.08. The van der Waals surface area contributed by atoms with Crippen LogP contribution in [0.3, 0.4) is 0 Å². The standard InChI is InChI=1S/C16H11Cl2N3O5S/c1-25-11-5-8(21(23)24)6-12-13(11)19-16(27-12)20-15(22)7-3-9(17)14(26-2)10(18)4-7/h3-6H,1-2H3,(H,19,20,22). The molecular weight excluding hydrogens is 417 g/mol. The minimum absolute atomic E-state index is 0.130. The van der Waals surface area contributed by atoms with Crippen LogP contribution >= 0.6 is 34.5 Å². The Kier molecular flexibility index (Phi) is 5.36. The van der Waals surface area contributed by atoms with Crippen molar-refractivity contribution >= 4 is 61.5 Å². The Morgan fingerprint density at radius 2 is 1.85 bits per heavy atom. The summed E-state index contributed by atoms with van der Waals surface area (Å²) in [6.07, 6.45) is 0. The third-order valence-corrected chi connectivity index (χ3v) is 5.04. The molecule has 11 heteroatoms. The van der Waals surface area contributed by atoms with Crippen LogP contribution in [0.4, 0.5) is 10.8 Å². The number of anilines is 1. The van der Waals surface area contributed by atoms with Gasteiger partial charge < -0.3 is 9.47 Å². The number of fused-ring (bicyclic) bond motifs is 1. The summed E-state index contributed by atoms with van der Waals surface area (Å²) in [7, 11) is 2.80. The van der Waals surface area contributed by atoms with E-state index in [2.05, 4.69) is 10.3 Å². The van der Waals surface area contributed by atoms with E-state index in [1.54, 1.807) is 0 Å². The number of rotatable bonds is 5. The Labute approximate surface area is 166 Å². The van der Waals surface area contributed by atoms with Crippen LogP contribution in [0.2, 0.25) is 10.0 Å². The van der Waals surface area contributed by atoms with Crippen molar-refractivity contribution in [2.45, 2.75) is 0 Å². The maximum absolute atomic E-state index is 12.5. The lowest BCUT2D eigenvalue weighted by molar-refractivity contribution is -0.384. The number of non-ortho nitro benzene ring substituents is 1. The third kappa shape index (κ3) is 3.75. The van der Waals surface area contributed by atoms with E-state index < -0.39 is 10.8 Å². The highest BCUT2D eigenvalue weighted by Gasteiger charge is 2.19. The summed E-state index contributed by atoms with van der Waals surface area (Å²) < 4.78 is 10.7. The molecule has 0 aliphatic rings. The number of carbonyl (C=O) groups excluding carboxylic acids is 1. The summed E-state index contributed by atoms with van der Waals surface area (Å²) in [5.41, 5.74) is 0.492. The van der Waals surface area contributed by atoms with Gasteiger partial charge in [0.2, 0.25) is 0 Å². The molecular formula is C16H11Cl2N3O5S. The quantitative estimate of drug-likeness (QED) is 0.463. The van der Waals surface area contributed by atoms with E-state index in [0.717, 1.165) is 11.3 Å². The van der Waals surface area contributed by atoms with Gasteiger partial charge in [0.25, 0.3) is 11.6 Å². The van der Waals surface area contributed by atoms with Crippen molar-refractivity contribution in [1.29, 1.82) is 0 Å². The van der Waals surface area contributed by atoms with E-state index >= 15 is 0 Å². The summed E-state index contributed by atoms with van der Waals surface area (Å²) >= 11 is 13.2. The molecule has 140 valence electrons. The van der Waals surface area contributed by atoms with E-state index in [-0.39, 0.29) is 37.9 Å². The number of thiazole rings is 1. The molecule has 0 aliphatic heterocycles. The van der Waals surface area contributed by atoms with Crippen LogP contribution in [-0.2, 0) is 0 Å². The zero-order chi connectivity index (χ0) is 19.7. The zero-order valence-electron chi connectivity index (χ0n) is 13.9. The summed E-state index contributed by atoms with van der Waals surface area (Å²) in [6, 6.07) is 5.48. The maximum atomic E-state index is 12.5. The molecule has 0 fully saturated rings. The average Bonchev–Trinajstić information content (AvgIpc) is 3.02. The number of carbonyl (C=O) groups is 1. The summed E-state index contributed by atoms with van der Waals surface area (Å²) in [5.74, 6) is 0.0207. The van der Waals surface area contributed by atoms with Crippen LogP contribution in [0.25, 0.3) is 10.2 Å². The van der Waals surface area contributed by atoms with Gasteiger partial charge in [-0.3, -0.25) is 20.2 Å². The van der Waals surface area contributed by atoms with Crippen molar-refractivity contribution in [3.05, 3.63) is 50.0 Å². The molecule has 0 saturated carbocycles. The van der Waals surface area contributed by atoms with Gasteiger partial charge in [-0.15, -0.1) is 0 Å². The Hall–Kier alpha value is -2.62. The van der Waals surface area contributed by atoms with Gasteiger partial charge >= 0.3 is 0 Å². The normalized spacial score (nSPS) is 10.7. The molecule has 3 aromatic rings. The van der Waals surface area contributed by atoms with Crippen LogP contribution in [-0.4, -0.2) is 30.0 Å². The molecule has 0 atom stereocenters. The van der Waals surface area contributed by atoms with Gasteiger partial charge in [-0.1, -0.05) is 34.5 Å². The number of halogens is 2. The third-order valence-electron chi connectivity index (χ3n) is 3.56. The highest BCUT2D eigenvalue weighted by atomic mass is 35.5. The van der Waals surface area contributed by atoms with Crippen molar-refractivity contribution in [2.75, 3.05) is 19.5 Å². The number of benzene rings is 2. The fourth-order valence-electron chi connectivity index (χ4n) is 2.35. The van der Waals surface area contributed by atoms with Gasteiger partial charge in [0.1, 0.15) is 5.52 Å². The smallest absolute Gasteiger partial charge is 0.274 e. The van der Waals surface area contributed by atoms with Gasteiger partial charge in [-0.05, 0) is 12.1 Å². The van der Waals surface area contributed by atoms with Gasteiger partial charge in [0, 0.05) is 11.6 Å². The molecule has 8 nitrogen and oxygen atoms in total. The van der Waals surface area contributed by atoms with Crippen molar-refractivity contribution < 1.29 is 19.2 Å². The molecule has 27 heavy (non-hydrogen) atoms. The fourth-order valence-corrected chi connectivity index (χ4v) is 3.91. The van der Waals surface area contributed by atoms with Crippen molar-refractivity contribution in [2.24, 2.45) is 0 Å². The van der Waals surface area contributed by atoms with Crippen LogP contribution in [0.5, 0.6) is 11.5 Å². The second-order valence-electron chi connectivity index (χ2n) is 5.20. The zero-order valence-corrected chi connectivity index (χ0v) is 16.2. The number of methoxy groups -OCH3 is 2. The van der Waals surface area contributed by atoms with Gasteiger partial charge in [0.15, 0.2) is 16.6 Å². The lowest BCUT2D eigenvalue weighted by atomic mass is 10.2. The topological polar surface area (TPSA) is 104 Å². The summed E-state index contributed by atoms with van der Waals surface area (Å²) in [6.45, 7) is 0. The van der Waals surface area contributed by atoms with E-state index in [1.165, 1.54) is 38.5 Å². The Balaban J connectivity index is 1.95. The molecule has 0 aliphatic carbocycles. The second kappa shape index (κ2) is 7.55. The number of nitro groups is 1. The Morgan fingerprint density at radius 1 is 1.19 bits per heavy atom. The van der Waals surface area contributed by atoms with E-state index in [4.69, 9.17) is 32.7 Å². The molecule has 0 unspecified atom stereocenters. The molecule has 0 bridgehead atoms. The van der Waals surface area contributed by atoms with E-state index in [1.807, 2.05) is 0 Å². The molecule has 1 aromatic heterocycles. The summed E-state index contributed by atoms with van der Waals surface area (Å²) in [5, 5.41) is 14.3. The second-order valence-corrected chi connectivity index (χ2v) is 7.04. The Morgan fingerprint density at radius 3 is 2.41 bits per heavy atom. The van der Waals surface area contributed by atoms with Gasteiger partial charge in [-0.25, -0.2) is 4.98 Å². The number of amides is 1. The number of aromatic nitrogens is 1. The monoisotopic (exact) mass is 427 g/mol. The lowest BCUT2D eigenvalue weighted by Crippen LogP contribution is -2.11. The molecule has 0 spiro atoms. The SMILES string of the molecule is COc1c(Cl)cc(C(=O)Nc2nc3c(OC)cc([N+](=O)[O-])cc3s2)cc1Cl. The van der Waals surface area contributed by atoms with Crippen molar-refractivity contribution in [1.82, 2.24) is 4.98 Å². The first-order valence-corrected chi connectivity index (χ1v) is 8.88. The minimum atomic E-state index is -0.526. The molecule has 1 amide bonds. The number of nitrogens with zero attached hydrogens (tertiary/aromatic N) is 2. The number of hydrogen-bond donors (Lipinski definition) is 1. The van der Waals surface area contributed by atoms with Crippen molar-refractivity contribution in [3.8, 4) is 11.5 Å². The predicted octanol–water partition coefficient (Wildman–Crippen LogP) is 4.78. The summed E-state index contributed by atoms with van der Waals surface area (Å²) in [4.78, 5) is 27.3. The van der Waals surface area contributed by atoms with E-state index in [0.29, 0.717) is 10.2 Å². The first kappa shape index (κ1) is 19.2. The van der Waals surface area contributed by atoms with Crippen molar-refractivity contribution in [3.63, 3.8) is 0 Å². The van der Waals surface area contributed by atoms with Gasteiger partial charge in [0.05, 0.1) is 40.0 Å². The predicted molar refractivity (Wildman–Crippen MR) is 104 cm³/mol. The first-order valence-electron chi connectivity index (χ1n) is 7.31. The van der Waals surface area contributed by atoms with Gasteiger partial charge in [-0.2, -0.15) is 0 Å². The molecule has 3 rings (SSSR count). The average molecular weight is 428 g/mol. The fraction of sp³-hybridized carbons (Fsp3) is 0.125. The molecule has 1 N–H and O–H groups in total. The molecule has 2 aromatic carbocycles. The van der Waals surface area contributed by atoms with Crippen LogP contribution in [0.15, 0.2) is 24.3 Å². The largest absolute Gasteiger partial charge is 0.494 e. The minimum Gasteiger partial charge on any atom is -0.494 e. The maximum Gasteiger partial charge on any atom is 0.274 e. The number of ether oxygens (including phenoxy) is 2.